The second-order valence-corrected chi connectivity index (χ2v) is 7.89. The Morgan fingerprint density at radius 1 is 1.08 bits per heavy atom. The zero-order valence-corrected chi connectivity index (χ0v) is 16.3. The van der Waals surface area contributed by atoms with Crippen molar-refractivity contribution in [3.8, 4) is 5.75 Å². The molecule has 0 aliphatic rings. The number of amides is 1. The highest BCUT2D eigenvalue weighted by atomic mass is 32.2. The van der Waals surface area contributed by atoms with E-state index in [1.54, 1.807) is 24.3 Å². The Morgan fingerprint density at radius 2 is 1.69 bits per heavy atom. The van der Waals surface area contributed by atoms with E-state index in [-0.39, 0.29) is 6.54 Å². The third kappa shape index (κ3) is 4.76. The van der Waals surface area contributed by atoms with Crippen LogP contribution in [-0.2, 0) is 14.8 Å². The van der Waals surface area contributed by atoms with Gasteiger partial charge >= 0.3 is 0 Å². The van der Waals surface area contributed by atoms with Crippen molar-refractivity contribution in [1.82, 2.24) is 0 Å². The fraction of sp³-hybridized carbons (Fsp3) is 0.316. The highest BCUT2D eigenvalue weighted by Gasteiger charge is 2.24. The SMILES string of the molecule is CCOc1ccccc1NC(=O)CN(c1c(C)cccc1C)S(C)(=O)=O. The molecule has 0 saturated heterocycles. The minimum absolute atomic E-state index is 0.314. The van der Waals surface area contributed by atoms with Crippen molar-refractivity contribution in [3.63, 3.8) is 0 Å². The van der Waals surface area contributed by atoms with E-state index in [1.165, 1.54) is 0 Å². The molecule has 0 bridgehead atoms. The molecule has 1 N–H and O–H groups in total. The smallest absolute Gasteiger partial charge is 0.245 e. The molecule has 0 heterocycles. The first kappa shape index (κ1) is 19.8. The molecule has 7 heteroatoms. The highest BCUT2D eigenvalue weighted by Crippen LogP contribution is 2.27. The zero-order chi connectivity index (χ0) is 19.3. The van der Waals surface area contributed by atoms with Crippen LogP contribution in [0.4, 0.5) is 11.4 Å². The van der Waals surface area contributed by atoms with Crippen LogP contribution in [0.3, 0.4) is 0 Å². The van der Waals surface area contributed by atoms with Gasteiger partial charge in [-0.25, -0.2) is 8.42 Å². The summed E-state index contributed by atoms with van der Waals surface area (Å²) in [5.41, 5.74) is 2.62. The lowest BCUT2D eigenvalue weighted by Gasteiger charge is -2.25. The third-order valence-corrected chi connectivity index (χ3v) is 4.95. The van der Waals surface area contributed by atoms with Gasteiger partial charge in [-0.2, -0.15) is 0 Å². The number of benzene rings is 2. The monoisotopic (exact) mass is 376 g/mol. The first-order valence-corrected chi connectivity index (χ1v) is 10.1. The van der Waals surface area contributed by atoms with Crippen molar-refractivity contribution in [2.75, 3.05) is 29.0 Å². The molecule has 2 aromatic carbocycles. The van der Waals surface area contributed by atoms with Crippen LogP contribution in [0.15, 0.2) is 42.5 Å². The Morgan fingerprint density at radius 3 is 2.27 bits per heavy atom. The van der Waals surface area contributed by atoms with E-state index < -0.39 is 15.9 Å². The molecule has 2 rings (SSSR count). The fourth-order valence-electron chi connectivity index (χ4n) is 2.73. The molecule has 2 aromatic rings. The lowest BCUT2D eigenvalue weighted by molar-refractivity contribution is -0.114. The number of para-hydroxylation sites is 3. The molecule has 0 aliphatic carbocycles. The van der Waals surface area contributed by atoms with Crippen LogP contribution in [0.1, 0.15) is 18.1 Å². The van der Waals surface area contributed by atoms with Gasteiger partial charge in [0.15, 0.2) is 0 Å². The minimum Gasteiger partial charge on any atom is -0.492 e. The van der Waals surface area contributed by atoms with Gasteiger partial charge < -0.3 is 10.1 Å². The van der Waals surface area contributed by atoms with E-state index in [0.717, 1.165) is 21.7 Å². The topological polar surface area (TPSA) is 75.7 Å². The maximum absolute atomic E-state index is 12.5. The van der Waals surface area contributed by atoms with Crippen LogP contribution in [0.5, 0.6) is 5.75 Å². The molecule has 140 valence electrons. The Hall–Kier alpha value is -2.54. The summed E-state index contributed by atoms with van der Waals surface area (Å²) in [6, 6.07) is 12.5. The number of nitrogens with one attached hydrogen (secondary N) is 1. The van der Waals surface area contributed by atoms with Gasteiger partial charge in [0.05, 0.1) is 24.2 Å². The van der Waals surface area contributed by atoms with Gasteiger partial charge in [-0.05, 0) is 44.0 Å². The van der Waals surface area contributed by atoms with Crippen LogP contribution < -0.4 is 14.4 Å². The normalized spacial score (nSPS) is 11.1. The molecule has 1 amide bonds. The summed E-state index contributed by atoms with van der Waals surface area (Å²) in [4.78, 5) is 12.5. The second-order valence-electron chi connectivity index (χ2n) is 5.99. The molecule has 0 fully saturated rings. The molecule has 0 radical (unpaired) electrons. The molecule has 0 spiro atoms. The predicted molar refractivity (Wildman–Crippen MR) is 104 cm³/mol. The van der Waals surface area contributed by atoms with E-state index in [2.05, 4.69) is 5.32 Å². The van der Waals surface area contributed by atoms with E-state index in [0.29, 0.717) is 23.7 Å². The van der Waals surface area contributed by atoms with Crippen LogP contribution in [0.2, 0.25) is 0 Å². The summed E-state index contributed by atoms with van der Waals surface area (Å²) in [6.45, 7) is 5.65. The number of hydrogen-bond acceptors (Lipinski definition) is 4. The van der Waals surface area contributed by atoms with E-state index >= 15 is 0 Å². The van der Waals surface area contributed by atoms with Gasteiger partial charge in [-0.15, -0.1) is 0 Å². The molecule has 0 unspecified atom stereocenters. The van der Waals surface area contributed by atoms with Gasteiger partial charge in [0.2, 0.25) is 15.9 Å². The molecule has 0 aliphatic heterocycles. The summed E-state index contributed by atoms with van der Waals surface area (Å²) >= 11 is 0. The van der Waals surface area contributed by atoms with E-state index in [4.69, 9.17) is 4.74 Å². The Kier molecular flexibility index (Phi) is 6.26. The number of anilines is 2. The minimum atomic E-state index is -3.63. The number of ether oxygens (including phenoxy) is 1. The van der Waals surface area contributed by atoms with Crippen molar-refractivity contribution < 1.29 is 17.9 Å². The largest absolute Gasteiger partial charge is 0.492 e. The van der Waals surface area contributed by atoms with Crippen molar-refractivity contribution in [2.24, 2.45) is 0 Å². The summed E-state index contributed by atoms with van der Waals surface area (Å²) < 4.78 is 31.3. The quantitative estimate of drug-likeness (QED) is 0.806. The van der Waals surface area contributed by atoms with Crippen molar-refractivity contribution in [2.45, 2.75) is 20.8 Å². The van der Waals surface area contributed by atoms with Crippen molar-refractivity contribution in [1.29, 1.82) is 0 Å². The second kappa shape index (κ2) is 8.23. The lowest BCUT2D eigenvalue weighted by atomic mass is 10.1. The number of carbonyl (C=O) groups is 1. The van der Waals surface area contributed by atoms with Gasteiger partial charge in [-0.3, -0.25) is 9.10 Å². The third-order valence-electron chi connectivity index (χ3n) is 3.84. The Labute approximate surface area is 154 Å². The van der Waals surface area contributed by atoms with Gasteiger partial charge in [0, 0.05) is 0 Å². The molecular formula is C19H24N2O4S. The molecule has 26 heavy (non-hydrogen) atoms. The number of carbonyl (C=O) groups excluding carboxylic acids is 1. The Balaban J connectivity index is 2.29. The average molecular weight is 376 g/mol. The summed E-state index contributed by atoms with van der Waals surface area (Å²) in [6.07, 6.45) is 1.10. The van der Waals surface area contributed by atoms with Crippen LogP contribution in [0.25, 0.3) is 0 Å². The number of rotatable bonds is 7. The average Bonchev–Trinajstić information content (AvgIpc) is 2.55. The van der Waals surface area contributed by atoms with Gasteiger partial charge in [0.1, 0.15) is 12.3 Å². The molecule has 0 atom stereocenters. The standard InChI is InChI=1S/C19H24N2O4S/c1-5-25-17-12-7-6-11-16(17)20-18(22)13-21(26(4,23)24)19-14(2)9-8-10-15(19)3/h6-12H,5,13H2,1-4H3,(H,20,22). The fourth-order valence-corrected chi connectivity index (χ4v) is 3.70. The molecular weight excluding hydrogens is 352 g/mol. The van der Waals surface area contributed by atoms with Crippen LogP contribution in [-0.4, -0.2) is 33.7 Å². The highest BCUT2D eigenvalue weighted by molar-refractivity contribution is 7.92. The zero-order valence-electron chi connectivity index (χ0n) is 15.4. The van der Waals surface area contributed by atoms with Gasteiger partial charge in [0.25, 0.3) is 0 Å². The summed E-state index contributed by atoms with van der Waals surface area (Å²) in [5, 5.41) is 2.74. The van der Waals surface area contributed by atoms with E-state index in [9.17, 15) is 13.2 Å². The molecule has 0 aromatic heterocycles. The van der Waals surface area contributed by atoms with Gasteiger partial charge in [-0.1, -0.05) is 30.3 Å². The number of sulfonamides is 1. The molecule has 6 nitrogen and oxygen atoms in total. The first-order valence-electron chi connectivity index (χ1n) is 8.29. The predicted octanol–water partition coefficient (Wildman–Crippen LogP) is 3.11. The van der Waals surface area contributed by atoms with E-state index in [1.807, 2.05) is 39.0 Å². The number of nitrogens with zero attached hydrogens (tertiary/aromatic N) is 1. The molecule has 0 saturated carbocycles. The van der Waals surface area contributed by atoms with Crippen molar-refractivity contribution in [3.05, 3.63) is 53.6 Å². The first-order chi connectivity index (χ1) is 12.2. The van der Waals surface area contributed by atoms with Crippen molar-refractivity contribution >= 4 is 27.3 Å². The lowest BCUT2D eigenvalue weighted by Crippen LogP contribution is -2.38. The maximum atomic E-state index is 12.5. The summed E-state index contributed by atoms with van der Waals surface area (Å²) in [5.74, 6) is 0.103. The number of hydrogen-bond donors (Lipinski definition) is 1. The maximum Gasteiger partial charge on any atom is 0.245 e. The summed E-state index contributed by atoms with van der Waals surface area (Å²) in [7, 11) is -3.63. The number of aryl methyl sites for hydroxylation is 2. The van der Waals surface area contributed by atoms with Crippen LogP contribution in [0, 0.1) is 13.8 Å². The van der Waals surface area contributed by atoms with Crippen LogP contribution >= 0.6 is 0 Å². The Bertz CT molecular complexity index is 874.